The zero-order valence-electron chi connectivity index (χ0n) is 11.4. The smallest absolute Gasteiger partial charge is 0.407 e. The number of anilines is 1. The number of carbonyl (C=O) groups excluding carboxylic acids is 1. The maximum Gasteiger partial charge on any atom is 0.407 e. The molecule has 1 unspecified atom stereocenters. The Kier molecular flexibility index (Phi) is 4.71. The van der Waals surface area contributed by atoms with Gasteiger partial charge in [0, 0.05) is 31.5 Å². The van der Waals surface area contributed by atoms with Gasteiger partial charge in [-0.2, -0.15) is 5.26 Å². The van der Waals surface area contributed by atoms with Crippen molar-refractivity contribution < 1.29 is 9.53 Å². The van der Waals surface area contributed by atoms with E-state index in [9.17, 15) is 4.79 Å². The fourth-order valence-corrected chi connectivity index (χ4v) is 2.27. The number of carbonyl (C=O) groups is 1. The average molecular weight is 275 g/mol. The first kappa shape index (κ1) is 14.1. The van der Waals surface area contributed by atoms with E-state index in [-0.39, 0.29) is 6.04 Å². The Bertz CT molecular complexity index is 514. The van der Waals surface area contributed by atoms with E-state index < -0.39 is 6.09 Å². The van der Waals surface area contributed by atoms with Crippen molar-refractivity contribution in [3.63, 3.8) is 0 Å². The van der Waals surface area contributed by atoms with Crippen molar-refractivity contribution in [3.05, 3.63) is 18.1 Å². The van der Waals surface area contributed by atoms with Gasteiger partial charge in [0.15, 0.2) is 11.5 Å². The molecular formula is C13H17N5O2. The van der Waals surface area contributed by atoms with Crippen LogP contribution in [-0.2, 0) is 4.74 Å². The highest BCUT2D eigenvalue weighted by Gasteiger charge is 2.24. The van der Waals surface area contributed by atoms with Crippen LogP contribution >= 0.6 is 0 Å². The average Bonchev–Trinajstić information content (AvgIpc) is 2.47. The minimum absolute atomic E-state index is 0.00338. The molecule has 0 aliphatic carbocycles. The Balaban J connectivity index is 2.03. The van der Waals surface area contributed by atoms with Crippen LogP contribution in [0.2, 0.25) is 0 Å². The van der Waals surface area contributed by atoms with E-state index in [1.165, 1.54) is 6.20 Å². The van der Waals surface area contributed by atoms with Gasteiger partial charge < -0.3 is 15.0 Å². The largest absolute Gasteiger partial charge is 0.450 e. The van der Waals surface area contributed by atoms with E-state index in [4.69, 9.17) is 10.00 Å². The summed E-state index contributed by atoms with van der Waals surface area (Å²) in [6.07, 6.45) is 4.47. The maximum atomic E-state index is 11.4. The van der Waals surface area contributed by atoms with E-state index in [0.29, 0.717) is 24.7 Å². The van der Waals surface area contributed by atoms with Gasteiger partial charge in [0.25, 0.3) is 0 Å². The van der Waals surface area contributed by atoms with Crippen LogP contribution in [0.1, 0.15) is 25.5 Å². The van der Waals surface area contributed by atoms with Crippen molar-refractivity contribution in [1.29, 1.82) is 5.26 Å². The summed E-state index contributed by atoms with van der Waals surface area (Å²) >= 11 is 0. The molecule has 1 aromatic rings. The fraction of sp³-hybridized carbons (Fsp3) is 0.538. The van der Waals surface area contributed by atoms with Gasteiger partial charge in [-0.25, -0.2) is 14.8 Å². The molecule has 1 amide bonds. The standard InChI is InChI=1S/C13H17N5O2/c1-2-20-13(19)17-10-4-3-7-18(9-10)12-11(8-14)15-5-6-16-12/h5-6,10H,2-4,7,9H2,1H3,(H,17,19). The number of nitrogens with one attached hydrogen (secondary N) is 1. The second kappa shape index (κ2) is 6.70. The second-order valence-corrected chi connectivity index (χ2v) is 4.49. The lowest BCUT2D eigenvalue weighted by molar-refractivity contribution is 0.146. The Morgan fingerprint density at radius 1 is 1.60 bits per heavy atom. The van der Waals surface area contributed by atoms with Gasteiger partial charge in [0.05, 0.1) is 6.61 Å². The molecule has 1 aliphatic heterocycles. The quantitative estimate of drug-likeness (QED) is 0.887. The number of aromatic nitrogens is 2. The van der Waals surface area contributed by atoms with E-state index in [0.717, 1.165) is 19.4 Å². The number of nitrogens with zero attached hydrogens (tertiary/aromatic N) is 4. The normalized spacial score (nSPS) is 18.2. The zero-order valence-corrected chi connectivity index (χ0v) is 11.4. The summed E-state index contributed by atoms with van der Waals surface area (Å²) in [5.74, 6) is 0.574. The number of alkyl carbamates (subject to hydrolysis) is 1. The van der Waals surface area contributed by atoms with Gasteiger partial charge >= 0.3 is 6.09 Å². The van der Waals surface area contributed by atoms with Gasteiger partial charge in [-0.1, -0.05) is 0 Å². The van der Waals surface area contributed by atoms with Crippen molar-refractivity contribution in [2.75, 3.05) is 24.6 Å². The fourth-order valence-electron chi connectivity index (χ4n) is 2.27. The Morgan fingerprint density at radius 2 is 2.40 bits per heavy atom. The topological polar surface area (TPSA) is 91.1 Å². The highest BCUT2D eigenvalue weighted by molar-refractivity contribution is 5.67. The number of amides is 1. The SMILES string of the molecule is CCOC(=O)NC1CCCN(c2nccnc2C#N)C1. The van der Waals surface area contributed by atoms with Crippen molar-refractivity contribution in [2.45, 2.75) is 25.8 Å². The molecule has 2 rings (SSSR count). The molecule has 0 saturated carbocycles. The zero-order chi connectivity index (χ0) is 14.4. The summed E-state index contributed by atoms with van der Waals surface area (Å²) in [5, 5.41) is 11.9. The molecule has 1 saturated heterocycles. The Hall–Kier alpha value is -2.36. The molecule has 20 heavy (non-hydrogen) atoms. The molecular weight excluding hydrogens is 258 g/mol. The van der Waals surface area contributed by atoms with E-state index >= 15 is 0 Å². The minimum atomic E-state index is -0.404. The monoisotopic (exact) mass is 275 g/mol. The molecule has 1 N–H and O–H groups in total. The van der Waals surface area contributed by atoms with Gasteiger partial charge in [-0.3, -0.25) is 0 Å². The molecule has 1 aliphatic rings. The molecule has 106 valence electrons. The summed E-state index contributed by atoms with van der Waals surface area (Å²) in [7, 11) is 0. The highest BCUT2D eigenvalue weighted by Crippen LogP contribution is 2.19. The number of nitriles is 1. The van der Waals surface area contributed by atoms with Crippen molar-refractivity contribution in [3.8, 4) is 6.07 Å². The predicted molar refractivity (Wildman–Crippen MR) is 72.1 cm³/mol. The molecule has 1 atom stereocenters. The third-order valence-electron chi connectivity index (χ3n) is 3.10. The van der Waals surface area contributed by atoms with Crippen LogP contribution in [-0.4, -0.2) is 41.8 Å². The van der Waals surface area contributed by atoms with Gasteiger partial charge in [-0.15, -0.1) is 0 Å². The van der Waals surface area contributed by atoms with Crippen molar-refractivity contribution in [1.82, 2.24) is 15.3 Å². The molecule has 1 aromatic heterocycles. The van der Waals surface area contributed by atoms with E-state index in [2.05, 4.69) is 15.3 Å². The first-order valence-electron chi connectivity index (χ1n) is 6.64. The number of rotatable bonds is 3. The summed E-state index contributed by atoms with van der Waals surface area (Å²) in [5.41, 5.74) is 0.310. The lowest BCUT2D eigenvalue weighted by Gasteiger charge is -2.33. The Morgan fingerprint density at radius 3 is 3.15 bits per heavy atom. The number of ether oxygens (including phenoxy) is 1. The first-order chi connectivity index (χ1) is 9.74. The molecule has 2 heterocycles. The minimum Gasteiger partial charge on any atom is -0.450 e. The number of hydrogen-bond acceptors (Lipinski definition) is 6. The maximum absolute atomic E-state index is 11.4. The molecule has 7 heteroatoms. The number of hydrogen-bond donors (Lipinski definition) is 1. The molecule has 0 bridgehead atoms. The first-order valence-corrected chi connectivity index (χ1v) is 6.64. The second-order valence-electron chi connectivity index (χ2n) is 4.49. The lowest BCUT2D eigenvalue weighted by atomic mass is 10.1. The van der Waals surface area contributed by atoms with Gasteiger partial charge in [0.2, 0.25) is 0 Å². The van der Waals surface area contributed by atoms with Gasteiger partial charge in [0.1, 0.15) is 6.07 Å². The molecule has 1 fully saturated rings. The van der Waals surface area contributed by atoms with E-state index in [1.54, 1.807) is 13.1 Å². The molecule has 0 radical (unpaired) electrons. The van der Waals surface area contributed by atoms with Crippen LogP contribution in [0.25, 0.3) is 0 Å². The summed E-state index contributed by atoms with van der Waals surface area (Å²) in [6, 6.07) is 2.04. The summed E-state index contributed by atoms with van der Waals surface area (Å²) in [6.45, 7) is 3.52. The highest BCUT2D eigenvalue weighted by atomic mass is 16.5. The van der Waals surface area contributed by atoms with Crippen LogP contribution in [0.5, 0.6) is 0 Å². The van der Waals surface area contributed by atoms with Crippen LogP contribution in [0.4, 0.5) is 10.6 Å². The van der Waals surface area contributed by atoms with Crippen LogP contribution in [0.3, 0.4) is 0 Å². The van der Waals surface area contributed by atoms with Crippen LogP contribution < -0.4 is 10.2 Å². The van der Waals surface area contributed by atoms with Crippen molar-refractivity contribution >= 4 is 11.9 Å². The third kappa shape index (κ3) is 3.35. The third-order valence-corrected chi connectivity index (χ3v) is 3.10. The number of piperidine rings is 1. The summed E-state index contributed by atoms with van der Waals surface area (Å²) < 4.78 is 4.88. The molecule has 0 spiro atoms. The van der Waals surface area contributed by atoms with Crippen LogP contribution in [0.15, 0.2) is 12.4 Å². The molecule has 7 nitrogen and oxygen atoms in total. The van der Waals surface area contributed by atoms with Crippen molar-refractivity contribution in [2.24, 2.45) is 0 Å². The van der Waals surface area contributed by atoms with E-state index in [1.807, 2.05) is 11.0 Å². The summed E-state index contributed by atoms with van der Waals surface area (Å²) in [4.78, 5) is 21.7. The Labute approximate surface area is 117 Å². The van der Waals surface area contributed by atoms with Gasteiger partial charge in [-0.05, 0) is 19.8 Å². The van der Waals surface area contributed by atoms with Crippen LogP contribution in [0, 0.1) is 11.3 Å². The molecule has 0 aromatic carbocycles. The lowest BCUT2D eigenvalue weighted by Crippen LogP contribution is -2.48. The predicted octanol–water partition coefficient (Wildman–Crippen LogP) is 1.06.